The maximum Gasteiger partial charge on any atom is 0.147 e. The van der Waals surface area contributed by atoms with Crippen molar-refractivity contribution in [2.75, 3.05) is 4.90 Å². The smallest absolute Gasteiger partial charge is 0.147 e. The highest BCUT2D eigenvalue weighted by Crippen LogP contribution is 2.43. The molecule has 0 radical (unpaired) electrons. The second-order valence-electron chi connectivity index (χ2n) is 4.63. The van der Waals surface area contributed by atoms with Gasteiger partial charge in [-0.2, -0.15) is 0 Å². The predicted octanol–water partition coefficient (Wildman–Crippen LogP) is 3.51. The third kappa shape index (κ3) is 1.53. The summed E-state index contributed by atoms with van der Waals surface area (Å²) in [7, 11) is 0. The number of nitrogens with zero attached hydrogens (tertiary/aromatic N) is 1. The predicted molar refractivity (Wildman–Crippen MR) is 72.6 cm³/mol. The number of hydrogen-bond acceptors (Lipinski definition) is 2. The molecule has 3 rings (SSSR count). The molecule has 0 bridgehead atoms. The van der Waals surface area contributed by atoms with E-state index in [0.29, 0.717) is 0 Å². The molecule has 0 saturated carbocycles. The lowest BCUT2D eigenvalue weighted by molar-refractivity contribution is -0.109. The van der Waals surface area contributed by atoms with Crippen LogP contribution in [-0.2, 0) is 4.79 Å². The molecule has 0 amide bonds. The summed E-state index contributed by atoms with van der Waals surface area (Å²) in [6.45, 7) is 2.15. The van der Waals surface area contributed by atoms with Crippen LogP contribution < -0.4 is 4.90 Å². The third-order valence-electron chi connectivity index (χ3n) is 3.66. The average Bonchev–Trinajstić information content (AvgIpc) is 2.73. The topological polar surface area (TPSA) is 20.3 Å². The SMILES string of the molecule is CC1c2ccccc2C(C=O)N1c1ccccc1. The summed E-state index contributed by atoms with van der Waals surface area (Å²) in [6, 6.07) is 18.4. The number of carbonyl (C=O) groups excluding carboxylic acids is 1. The van der Waals surface area contributed by atoms with Crippen LogP contribution in [0, 0.1) is 0 Å². The lowest BCUT2D eigenvalue weighted by Crippen LogP contribution is -2.25. The summed E-state index contributed by atoms with van der Waals surface area (Å²) in [6.07, 6.45) is 1.04. The number of fused-ring (bicyclic) bond motifs is 1. The summed E-state index contributed by atoms with van der Waals surface area (Å²) in [4.78, 5) is 13.6. The van der Waals surface area contributed by atoms with Gasteiger partial charge in [0.2, 0.25) is 0 Å². The minimum Gasteiger partial charge on any atom is -0.351 e. The Balaban J connectivity index is 2.11. The van der Waals surface area contributed by atoms with Crippen LogP contribution in [0.3, 0.4) is 0 Å². The van der Waals surface area contributed by atoms with E-state index >= 15 is 0 Å². The molecule has 1 heterocycles. The van der Waals surface area contributed by atoms with E-state index < -0.39 is 0 Å². The van der Waals surface area contributed by atoms with Gasteiger partial charge in [-0.25, -0.2) is 0 Å². The van der Waals surface area contributed by atoms with E-state index in [1.807, 2.05) is 36.4 Å². The molecule has 0 aromatic heterocycles. The average molecular weight is 237 g/mol. The van der Waals surface area contributed by atoms with Crippen molar-refractivity contribution in [1.82, 2.24) is 0 Å². The number of anilines is 1. The second kappa shape index (κ2) is 4.30. The molecular formula is C16H15NO. The van der Waals surface area contributed by atoms with E-state index in [2.05, 4.69) is 30.0 Å². The Kier molecular flexibility index (Phi) is 2.63. The molecule has 2 heteroatoms. The lowest BCUT2D eigenvalue weighted by atomic mass is 10.0. The summed E-state index contributed by atoms with van der Waals surface area (Å²) >= 11 is 0. The minimum atomic E-state index is -0.168. The van der Waals surface area contributed by atoms with Crippen molar-refractivity contribution in [2.45, 2.75) is 19.0 Å². The van der Waals surface area contributed by atoms with Gasteiger partial charge in [-0.15, -0.1) is 0 Å². The lowest BCUT2D eigenvalue weighted by Gasteiger charge is -2.28. The fourth-order valence-corrected chi connectivity index (χ4v) is 2.82. The summed E-state index contributed by atoms with van der Waals surface area (Å²) in [5, 5.41) is 0. The van der Waals surface area contributed by atoms with Gasteiger partial charge in [-0.1, -0.05) is 42.5 Å². The van der Waals surface area contributed by atoms with Crippen molar-refractivity contribution in [3.63, 3.8) is 0 Å². The van der Waals surface area contributed by atoms with Gasteiger partial charge in [0.1, 0.15) is 12.3 Å². The van der Waals surface area contributed by atoms with Crippen LogP contribution in [0.25, 0.3) is 0 Å². The van der Waals surface area contributed by atoms with Gasteiger partial charge in [-0.05, 0) is 30.2 Å². The van der Waals surface area contributed by atoms with Crippen molar-refractivity contribution >= 4 is 12.0 Å². The first kappa shape index (κ1) is 11.0. The largest absolute Gasteiger partial charge is 0.351 e. The number of rotatable bonds is 2. The Bertz CT molecular complexity index is 564. The number of benzene rings is 2. The quantitative estimate of drug-likeness (QED) is 0.745. The standard InChI is InChI=1S/C16H15NO/c1-12-14-9-5-6-10-15(14)16(11-18)17(12)13-7-3-2-4-8-13/h2-12,16H,1H3. The van der Waals surface area contributed by atoms with Crippen LogP contribution in [-0.4, -0.2) is 6.29 Å². The van der Waals surface area contributed by atoms with Gasteiger partial charge >= 0.3 is 0 Å². The number of aldehydes is 1. The molecule has 2 nitrogen and oxygen atoms in total. The summed E-state index contributed by atoms with van der Waals surface area (Å²) in [5.41, 5.74) is 3.47. The maximum atomic E-state index is 11.5. The maximum absolute atomic E-state index is 11.5. The van der Waals surface area contributed by atoms with E-state index in [1.165, 1.54) is 5.56 Å². The van der Waals surface area contributed by atoms with Crippen molar-refractivity contribution in [1.29, 1.82) is 0 Å². The van der Waals surface area contributed by atoms with Crippen molar-refractivity contribution in [3.05, 3.63) is 65.7 Å². The van der Waals surface area contributed by atoms with Gasteiger partial charge < -0.3 is 9.69 Å². The van der Waals surface area contributed by atoms with Gasteiger partial charge in [0.05, 0.1) is 6.04 Å². The Morgan fingerprint density at radius 1 is 0.944 bits per heavy atom. The minimum absolute atomic E-state index is 0.168. The van der Waals surface area contributed by atoms with E-state index in [1.54, 1.807) is 0 Å². The molecule has 1 aliphatic rings. The van der Waals surface area contributed by atoms with E-state index in [9.17, 15) is 4.79 Å². The van der Waals surface area contributed by atoms with Gasteiger partial charge in [0.15, 0.2) is 0 Å². The molecule has 1 aliphatic heterocycles. The molecule has 90 valence electrons. The molecule has 0 spiro atoms. The molecule has 18 heavy (non-hydrogen) atoms. The van der Waals surface area contributed by atoms with Gasteiger partial charge in [-0.3, -0.25) is 0 Å². The van der Waals surface area contributed by atoms with Crippen molar-refractivity contribution in [2.24, 2.45) is 0 Å². The summed E-state index contributed by atoms with van der Waals surface area (Å²) < 4.78 is 0. The first-order valence-corrected chi connectivity index (χ1v) is 6.20. The zero-order chi connectivity index (χ0) is 12.5. The third-order valence-corrected chi connectivity index (χ3v) is 3.66. The second-order valence-corrected chi connectivity index (χ2v) is 4.63. The van der Waals surface area contributed by atoms with Crippen LogP contribution in [0.2, 0.25) is 0 Å². The highest BCUT2D eigenvalue weighted by Gasteiger charge is 2.35. The van der Waals surface area contributed by atoms with Crippen LogP contribution in [0.15, 0.2) is 54.6 Å². The first-order chi connectivity index (χ1) is 8.83. The van der Waals surface area contributed by atoms with E-state index in [4.69, 9.17) is 0 Å². The fourth-order valence-electron chi connectivity index (χ4n) is 2.82. The zero-order valence-electron chi connectivity index (χ0n) is 10.3. The van der Waals surface area contributed by atoms with Crippen LogP contribution in [0.5, 0.6) is 0 Å². The highest BCUT2D eigenvalue weighted by molar-refractivity contribution is 5.74. The molecule has 0 saturated heterocycles. The van der Waals surface area contributed by atoms with Crippen LogP contribution in [0.1, 0.15) is 30.1 Å². The van der Waals surface area contributed by atoms with Crippen molar-refractivity contribution in [3.8, 4) is 0 Å². The Morgan fingerprint density at radius 2 is 1.56 bits per heavy atom. The zero-order valence-corrected chi connectivity index (χ0v) is 10.3. The Morgan fingerprint density at radius 3 is 2.22 bits per heavy atom. The molecule has 2 unspecified atom stereocenters. The molecule has 0 aliphatic carbocycles. The number of para-hydroxylation sites is 1. The molecule has 2 atom stereocenters. The van der Waals surface area contributed by atoms with Crippen LogP contribution >= 0.6 is 0 Å². The number of hydrogen-bond donors (Lipinski definition) is 0. The van der Waals surface area contributed by atoms with Crippen LogP contribution in [0.4, 0.5) is 5.69 Å². The normalized spacial score (nSPS) is 21.7. The Labute approximate surface area is 107 Å². The molecular weight excluding hydrogens is 222 g/mol. The molecule has 2 aromatic carbocycles. The van der Waals surface area contributed by atoms with Crippen molar-refractivity contribution < 1.29 is 4.79 Å². The molecule has 2 aromatic rings. The van der Waals surface area contributed by atoms with Gasteiger partial charge in [0, 0.05) is 5.69 Å². The fraction of sp³-hybridized carbons (Fsp3) is 0.188. The molecule has 0 N–H and O–H groups in total. The number of carbonyl (C=O) groups is 1. The molecule has 0 fully saturated rings. The van der Waals surface area contributed by atoms with E-state index in [-0.39, 0.29) is 12.1 Å². The summed E-state index contributed by atoms with van der Waals surface area (Å²) in [5.74, 6) is 0. The van der Waals surface area contributed by atoms with E-state index in [0.717, 1.165) is 17.5 Å². The first-order valence-electron chi connectivity index (χ1n) is 6.20. The van der Waals surface area contributed by atoms with Gasteiger partial charge in [0.25, 0.3) is 0 Å². The monoisotopic (exact) mass is 237 g/mol. The Hall–Kier alpha value is -2.09. The highest BCUT2D eigenvalue weighted by atomic mass is 16.1.